The Hall–Kier alpha value is -0.990. The molecule has 1 heterocycles. The summed E-state index contributed by atoms with van der Waals surface area (Å²) in [6.07, 6.45) is -9.72. The van der Waals surface area contributed by atoms with Gasteiger partial charge in [-0.3, -0.25) is 4.90 Å². The second kappa shape index (κ2) is 6.25. The van der Waals surface area contributed by atoms with Crippen molar-refractivity contribution in [2.45, 2.75) is 18.4 Å². The van der Waals surface area contributed by atoms with Crippen molar-refractivity contribution in [3.05, 3.63) is 34.3 Å². The number of hydrogen-bond donors (Lipinski definition) is 1. The van der Waals surface area contributed by atoms with Crippen molar-refractivity contribution >= 4 is 11.6 Å². The Morgan fingerprint density at radius 2 is 1.64 bits per heavy atom. The third kappa shape index (κ3) is 3.85. The highest BCUT2D eigenvalue weighted by Gasteiger charge is 2.48. The van der Waals surface area contributed by atoms with Crippen LogP contribution < -0.4 is 5.32 Å². The second-order valence-electron chi connectivity index (χ2n) is 4.96. The molecule has 1 aromatic carbocycles. The van der Waals surface area contributed by atoms with E-state index >= 15 is 0 Å². The van der Waals surface area contributed by atoms with Crippen LogP contribution in [0.15, 0.2) is 18.2 Å². The lowest BCUT2D eigenvalue weighted by molar-refractivity contribution is -0.190. The van der Waals surface area contributed by atoms with Gasteiger partial charge >= 0.3 is 12.4 Å². The van der Waals surface area contributed by atoms with Crippen LogP contribution in [0.2, 0.25) is 5.02 Å². The maximum absolute atomic E-state index is 13.4. The van der Waals surface area contributed by atoms with Crippen molar-refractivity contribution in [1.29, 1.82) is 0 Å². The zero-order chi connectivity index (χ0) is 16.5. The number of rotatable bonds is 2. The van der Waals surface area contributed by atoms with Gasteiger partial charge in [0.2, 0.25) is 0 Å². The van der Waals surface area contributed by atoms with Crippen LogP contribution >= 0.6 is 11.6 Å². The molecule has 124 valence electrons. The van der Waals surface area contributed by atoms with Crippen LogP contribution in [0, 0.1) is 0 Å². The standard InChI is InChI=1S/C13H13ClF6N2/c14-8-1-2-9(10(7-8)12(15,16)17)11(13(18,19)20)22-5-3-21-4-6-22/h1-2,7,11,21H,3-6H2/t11-/m1/s1. The molecule has 0 aliphatic carbocycles. The highest BCUT2D eigenvalue weighted by Crippen LogP contribution is 2.44. The van der Waals surface area contributed by atoms with Gasteiger partial charge in [-0.05, 0) is 17.7 Å². The molecule has 1 saturated heterocycles. The normalized spacial score (nSPS) is 19.2. The van der Waals surface area contributed by atoms with Gasteiger partial charge in [-0.2, -0.15) is 26.3 Å². The van der Waals surface area contributed by atoms with E-state index in [0.29, 0.717) is 19.2 Å². The number of nitrogens with zero attached hydrogens (tertiary/aromatic N) is 1. The minimum absolute atomic E-state index is 0.0180. The van der Waals surface area contributed by atoms with Gasteiger partial charge in [0, 0.05) is 31.2 Å². The molecule has 2 nitrogen and oxygen atoms in total. The third-order valence-corrected chi connectivity index (χ3v) is 3.68. The minimum atomic E-state index is -4.90. The summed E-state index contributed by atoms with van der Waals surface area (Å²) in [5.74, 6) is 0. The molecule has 0 bridgehead atoms. The summed E-state index contributed by atoms with van der Waals surface area (Å²) in [6.45, 7) is 0.622. The summed E-state index contributed by atoms with van der Waals surface area (Å²) < 4.78 is 79.5. The summed E-state index contributed by atoms with van der Waals surface area (Å²) in [6, 6.07) is 0.0967. The zero-order valence-electron chi connectivity index (χ0n) is 11.2. The quantitative estimate of drug-likeness (QED) is 0.818. The molecule has 22 heavy (non-hydrogen) atoms. The molecule has 0 aromatic heterocycles. The second-order valence-corrected chi connectivity index (χ2v) is 5.40. The molecule has 2 rings (SSSR count). The summed E-state index contributed by atoms with van der Waals surface area (Å²) >= 11 is 5.52. The number of hydrogen-bond acceptors (Lipinski definition) is 2. The van der Waals surface area contributed by atoms with Crippen molar-refractivity contribution in [3.63, 3.8) is 0 Å². The molecule has 9 heteroatoms. The Morgan fingerprint density at radius 1 is 1.05 bits per heavy atom. The fourth-order valence-electron chi connectivity index (χ4n) is 2.53. The molecule has 0 amide bonds. The van der Waals surface area contributed by atoms with Crippen molar-refractivity contribution < 1.29 is 26.3 Å². The molecule has 1 aliphatic rings. The van der Waals surface area contributed by atoms with Crippen LogP contribution in [0.3, 0.4) is 0 Å². The van der Waals surface area contributed by atoms with E-state index in [1.165, 1.54) is 0 Å². The van der Waals surface area contributed by atoms with Gasteiger partial charge in [0.15, 0.2) is 0 Å². The highest BCUT2D eigenvalue weighted by molar-refractivity contribution is 6.30. The van der Waals surface area contributed by atoms with E-state index in [-0.39, 0.29) is 18.1 Å². The summed E-state index contributed by atoms with van der Waals surface area (Å²) in [5.41, 5.74) is -2.16. The Kier molecular flexibility index (Phi) is 4.93. The molecule has 0 radical (unpaired) electrons. The molecule has 0 spiro atoms. The van der Waals surface area contributed by atoms with E-state index in [1.54, 1.807) is 0 Å². The average Bonchev–Trinajstić information content (AvgIpc) is 2.39. The molecule has 1 fully saturated rings. The first kappa shape index (κ1) is 17.4. The van der Waals surface area contributed by atoms with Crippen molar-refractivity contribution in [2.75, 3.05) is 26.2 Å². The fourth-order valence-corrected chi connectivity index (χ4v) is 2.70. The molecule has 1 N–H and O–H groups in total. The Morgan fingerprint density at radius 3 is 2.14 bits per heavy atom. The first-order valence-corrected chi connectivity index (χ1v) is 6.86. The topological polar surface area (TPSA) is 15.3 Å². The lowest BCUT2D eigenvalue weighted by Gasteiger charge is -2.37. The van der Waals surface area contributed by atoms with Gasteiger partial charge < -0.3 is 5.32 Å². The summed E-state index contributed by atoms with van der Waals surface area (Å²) in [5, 5.41) is 2.62. The van der Waals surface area contributed by atoms with Gasteiger partial charge in [-0.1, -0.05) is 17.7 Å². The van der Waals surface area contributed by atoms with Gasteiger partial charge in [-0.15, -0.1) is 0 Å². The Bertz CT molecular complexity index is 522. The van der Waals surface area contributed by atoms with E-state index in [0.717, 1.165) is 17.0 Å². The Labute approximate surface area is 128 Å². The maximum Gasteiger partial charge on any atom is 0.416 e. The number of piperazine rings is 1. The molecule has 0 saturated carbocycles. The molecule has 1 atom stereocenters. The van der Waals surface area contributed by atoms with Crippen LogP contribution in [-0.4, -0.2) is 37.3 Å². The van der Waals surface area contributed by atoms with Crippen LogP contribution in [0.25, 0.3) is 0 Å². The van der Waals surface area contributed by atoms with Crippen molar-refractivity contribution in [1.82, 2.24) is 10.2 Å². The van der Waals surface area contributed by atoms with Gasteiger partial charge in [-0.25, -0.2) is 0 Å². The van der Waals surface area contributed by atoms with Crippen LogP contribution in [0.5, 0.6) is 0 Å². The molecular formula is C13H13ClF6N2. The lowest BCUT2D eigenvalue weighted by atomic mass is 9.97. The first-order chi connectivity index (χ1) is 10.1. The van der Waals surface area contributed by atoms with Crippen molar-refractivity contribution in [3.8, 4) is 0 Å². The summed E-state index contributed by atoms with van der Waals surface area (Å²) in [4.78, 5) is 1.01. The average molecular weight is 347 g/mol. The van der Waals surface area contributed by atoms with Gasteiger partial charge in [0.05, 0.1) is 5.56 Å². The minimum Gasteiger partial charge on any atom is -0.314 e. The maximum atomic E-state index is 13.4. The smallest absolute Gasteiger partial charge is 0.314 e. The molecular weight excluding hydrogens is 334 g/mol. The Balaban J connectivity index is 2.52. The summed E-state index contributed by atoms with van der Waals surface area (Å²) in [7, 11) is 0. The number of nitrogens with one attached hydrogen (secondary N) is 1. The third-order valence-electron chi connectivity index (χ3n) is 3.44. The van der Waals surface area contributed by atoms with E-state index < -0.39 is 29.5 Å². The first-order valence-electron chi connectivity index (χ1n) is 6.49. The largest absolute Gasteiger partial charge is 0.416 e. The van der Waals surface area contributed by atoms with E-state index in [4.69, 9.17) is 11.6 Å². The van der Waals surface area contributed by atoms with E-state index in [9.17, 15) is 26.3 Å². The van der Waals surface area contributed by atoms with E-state index in [1.807, 2.05) is 0 Å². The van der Waals surface area contributed by atoms with E-state index in [2.05, 4.69) is 5.32 Å². The predicted octanol–water partition coefficient (Wildman–Crippen LogP) is 3.87. The molecule has 1 aliphatic heterocycles. The lowest BCUT2D eigenvalue weighted by Crippen LogP contribution is -2.49. The van der Waals surface area contributed by atoms with Gasteiger partial charge in [0.1, 0.15) is 6.04 Å². The van der Waals surface area contributed by atoms with Crippen LogP contribution in [-0.2, 0) is 6.18 Å². The molecule has 0 unspecified atom stereocenters. The number of halogens is 7. The number of benzene rings is 1. The SMILES string of the molecule is FC(F)(F)c1cc(Cl)ccc1[C@@H](N1CCNCC1)C(F)(F)F. The highest BCUT2D eigenvalue weighted by atomic mass is 35.5. The van der Waals surface area contributed by atoms with Crippen LogP contribution in [0.4, 0.5) is 26.3 Å². The predicted molar refractivity (Wildman–Crippen MR) is 69.7 cm³/mol. The monoisotopic (exact) mass is 346 g/mol. The fraction of sp³-hybridized carbons (Fsp3) is 0.538. The molecule has 1 aromatic rings. The van der Waals surface area contributed by atoms with Gasteiger partial charge in [0.25, 0.3) is 0 Å². The van der Waals surface area contributed by atoms with Crippen LogP contribution in [0.1, 0.15) is 17.2 Å². The zero-order valence-corrected chi connectivity index (χ0v) is 12.0. The number of alkyl halides is 6. The van der Waals surface area contributed by atoms with Crippen molar-refractivity contribution in [2.24, 2.45) is 0 Å².